The minimum absolute atomic E-state index is 0. The number of guanidine groups is 1. The average molecular weight is 488 g/mol. The summed E-state index contributed by atoms with van der Waals surface area (Å²) in [5, 5.41) is 7.20. The number of rotatable bonds is 7. The molecule has 2 aromatic carbocycles. The summed E-state index contributed by atoms with van der Waals surface area (Å²) in [5.41, 5.74) is 11.5. The summed E-state index contributed by atoms with van der Waals surface area (Å²) in [7, 11) is 0. The number of nitrogens with one attached hydrogen (secondary N) is 1. The van der Waals surface area contributed by atoms with Gasteiger partial charge in [-0.3, -0.25) is 0 Å². The van der Waals surface area contributed by atoms with Gasteiger partial charge in [0.15, 0.2) is 5.96 Å². The Bertz CT molecular complexity index is 916. The molecule has 1 heterocycles. The molecule has 0 atom stereocenters. The molecule has 0 aliphatic carbocycles. The number of halogens is 1. The van der Waals surface area contributed by atoms with Gasteiger partial charge in [-0.05, 0) is 29.2 Å². The molecule has 0 bridgehead atoms. The Morgan fingerprint density at radius 3 is 2.61 bits per heavy atom. The largest absolute Gasteiger partial charge is 0.370 e. The maximum absolute atomic E-state index is 5.93. The Hall–Kier alpha value is -2.68. The lowest BCUT2D eigenvalue weighted by Crippen LogP contribution is -2.32. The van der Waals surface area contributed by atoms with Crippen LogP contribution in [0.3, 0.4) is 0 Å². The van der Waals surface area contributed by atoms with E-state index in [4.69, 9.17) is 5.73 Å². The van der Waals surface area contributed by atoms with Crippen LogP contribution in [0.5, 0.6) is 0 Å². The summed E-state index contributed by atoms with van der Waals surface area (Å²) >= 11 is 0. The number of aromatic nitrogens is 3. The maximum atomic E-state index is 5.93. The Kier molecular flexibility index (Phi) is 8.19. The van der Waals surface area contributed by atoms with E-state index in [2.05, 4.69) is 63.4 Å². The number of nitrogens with zero attached hydrogens (tertiary/aromatic N) is 4. The highest BCUT2D eigenvalue weighted by atomic mass is 127. The average Bonchev–Trinajstić information content (AvgIpc) is 3.18. The first-order valence-electron chi connectivity index (χ1n) is 8.79. The normalized spacial score (nSPS) is 11.0. The molecule has 0 spiro atoms. The van der Waals surface area contributed by atoms with Crippen molar-refractivity contribution in [3.8, 4) is 11.1 Å². The lowest BCUT2D eigenvalue weighted by Gasteiger charge is -2.10. The molecule has 0 amide bonds. The van der Waals surface area contributed by atoms with Crippen molar-refractivity contribution in [2.45, 2.75) is 20.0 Å². The lowest BCUT2D eigenvalue weighted by atomic mass is 9.98. The van der Waals surface area contributed by atoms with Gasteiger partial charge in [0.25, 0.3) is 0 Å². The molecule has 3 aromatic rings. The van der Waals surface area contributed by atoms with Crippen molar-refractivity contribution in [1.29, 1.82) is 0 Å². The number of hydrogen-bond acceptors (Lipinski definition) is 3. The van der Waals surface area contributed by atoms with Crippen LogP contribution in [-0.4, -0.2) is 27.3 Å². The highest BCUT2D eigenvalue weighted by molar-refractivity contribution is 14.0. The van der Waals surface area contributed by atoms with Crippen LogP contribution in [-0.2, 0) is 13.1 Å². The van der Waals surface area contributed by atoms with Gasteiger partial charge < -0.3 is 11.1 Å². The van der Waals surface area contributed by atoms with E-state index in [9.17, 15) is 0 Å². The summed E-state index contributed by atoms with van der Waals surface area (Å²) in [4.78, 5) is 8.42. The predicted octanol–water partition coefficient (Wildman–Crippen LogP) is 3.59. The minimum atomic E-state index is 0. The molecule has 0 saturated carbocycles. The van der Waals surface area contributed by atoms with Gasteiger partial charge in [-0.2, -0.15) is 5.10 Å². The van der Waals surface area contributed by atoms with Crippen molar-refractivity contribution >= 4 is 29.9 Å². The van der Waals surface area contributed by atoms with Gasteiger partial charge in [0.1, 0.15) is 12.7 Å². The summed E-state index contributed by atoms with van der Waals surface area (Å²) in [6.45, 7) is 7.65. The van der Waals surface area contributed by atoms with E-state index in [1.54, 1.807) is 17.3 Å². The van der Waals surface area contributed by atoms with Crippen LogP contribution >= 0.6 is 24.0 Å². The molecule has 28 heavy (non-hydrogen) atoms. The van der Waals surface area contributed by atoms with Crippen LogP contribution in [0.25, 0.3) is 11.1 Å². The van der Waals surface area contributed by atoms with Crippen LogP contribution in [0.15, 0.2) is 78.3 Å². The summed E-state index contributed by atoms with van der Waals surface area (Å²) in [6, 6.07) is 16.7. The first-order chi connectivity index (χ1) is 13.1. The van der Waals surface area contributed by atoms with Crippen LogP contribution in [0, 0.1) is 0 Å². The first-order valence-corrected chi connectivity index (χ1v) is 8.79. The first kappa shape index (κ1) is 21.6. The molecule has 0 unspecified atom stereocenters. The molecule has 0 aliphatic heterocycles. The molecular weight excluding hydrogens is 463 g/mol. The van der Waals surface area contributed by atoms with Crippen LogP contribution in [0.1, 0.15) is 18.1 Å². The summed E-state index contributed by atoms with van der Waals surface area (Å²) in [5.74, 6) is 0.427. The molecule has 146 valence electrons. The number of nitrogens with two attached hydrogens (primary N) is 1. The van der Waals surface area contributed by atoms with E-state index in [-0.39, 0.29) is 24.0 Å². The quantitative estimate of drug-likeness (QED) is 0.231. The monoisotopic (exact) mass is 488 g/mol. The second-order valence-electron chi connectivity index (χ2n) is 6.46. The molecule has 0 saturated heterocycles. The maximum Gasteiger partial charge on any atom is 0.189 e. The molecule has 6 nitrogen and oxygen atoms in total. The highest BCUT2D eigenvalue weighted by Gasteiger charge is 2.05. The zero-order chi connectivity index (χ0) is 19.1. The van der Waals surface area contributed by atoms with Gasteiger partial charge in [-0.15, -0.1) is 24.0 Å². The Morgan fingerprint density at radius 1 is 1.18 bits per heavy atom. The topological polar surface area (TPSA) is 81.1 Å². The third-order valence-electron chi connectivity index (χ3n) is 4.08. The molecule has 0 radical (unpaired) electrons. The van der Waals surface area contributed by atoms with E-state index in [1.165, 1.54) is 5.56 Å². The smallest absolute Gasteiger partial charge is 0.189 e. The van der Waals surface area contributed by atoms with Crippen molar-refractivity contribution in [3.63, 3.8) is 0 Å². The summed E-state index contributed by atoms with van der Waals surface area (Å²) in [6.07, 6.45) is 3.26. The van der Waals surface area contributed by atoms with Crippen molar-refractivity contribution in [1.82, 2.24) is 20.1 Å². The number of aliphatic imine (C=N–C) groups is 1. The number of benzene rings is 2. The minimum Gasteiger partial charge on any atom is -0.370 e. The van der Waals surface area contributed by atoms with Gasteiger partial charge in [-0.25, -0.2) is 14.7 Å². The van der Waals surface area contributed by atoms with Crippen molar-refractivity contribution in [2.24, 2.45) is 10.7 Å². The van der Waals surface area contributed by atoms with Gasteiger partial charge in [0.2, 0.25) is 0 Å². The second-order valence-corrected chi connectivity index (χ2v) is 6.46. The van der Waals surface area contributed by atoms with E-state index < -0.39 is 0 Å². The van der Waals surface area contributed by atoms with Gasteiger partial charge in [-0.1, -0.05) is 60.7 Å². The van der Waals surface area contributed by atoms with Gasteiger partial charge >= 0.3 is 0 Å². The van der Waals surface area contributed by atoms with E-state index >= 15 is 0 Å². The third-order valence-corrected chi connectivity index (χ3v) is 4.08. The molecule has 7 heteroatoms. The third kappa shape index (κ3) is 6.19. The molecule has 0 aliphatic rings. The second kappa shape index (κ2) is 10.6. The zero-order valence-corrected chi connectivity index (χ0v) is 18.2. The summed E-state index contributed by atoms with van der Waals surface area (Å²) < 4.78 is 1.80. The fourth-order valence-corrected chi connectivity index (χ4v) is 2.70. The molecule has 3 N–H and O–H groups in total. The van der Waals surface area contributed by atoms with E-state index in [0.29, 0.717) is 25.6 Å². The fourth-order valence-electron chi connectivity index (χ4n) is 2.70. The predicted molar refractivity (Wildman–Crippen MR) is 125 cm³/mol. The SMILES string of the molecule is C=C(C)CNC(N)=NCc1ccccc1-c1ccc(Cn2cncn2)cc1.I. The fraction of sp³-hybridized carbons (Fsp3) is 0.190. The van der Waals surface area contributed by atoms with E-state index in [1.807, 2.05) is 19.1 Å². The zero-order valence-electron chi connectivity index (χ0n) is 15.9. The van der Waals surface area contributed by atoms with Crippen molar-refractivity contribution in [2.75, 3.05) is 6.54 Å². The van der Waals surface area contributed by atoms with Crippen LogP contribution in [0.2, 0.25) is 0 Å². The molecular formula is C21H25IN6. The van der Waals surface area contributed by atoms with Gasteiger partial charge in [0.05, 0.1) is 13.1 Å². The lowest BCUT2D eigenvalue weighted by molar-refractivity contribution is 0.685. The van der Waals surface area contributed by atoms with E-state index in [0.717, 1.165) is 22.3 Å². The standard InChI is InChI=1S/C21H24N6.HI/c1-16(2)11-24-21(22)25-12-19-5-3-4-6-20(19)18-9-7-17(8-10-18)13-27-15-23-14-26-27;/h3-10,14-15H,1,11-13H2,2H3,(H3,22,24,25);1H. The molecule has 1 aromatic heterocycles. The van der Waals surface area contributed by atoms with Crippen LogP contribution < -0.4 is 11.1 Å². The van der Waals surface area contributed by atoms with Gasteiger partial charge in [0, 0.05) is 6.54 Å². The highest BCUT2D eigenvalue weighted by Crippen LogP contribution is 2.25. The molecule has 3 rings (SSSR count). The van der Waals surface area contributed by atoms with Crippen molar-refractivity contribution in [3.05, 3.63) is 84.5 Å². The Labute approximate surface area is 182 Å². The Balaban J connectivity index is 0.00000280. The van der Waals surface area contributed by atoms with Crippen LogP contribution in [0.4, 0.5) is 0 Å². The van der Waals surface area contributed by atoms with Crippen molar-refractivity contribution < 1.29 is 0 Å². The Morgan fingerprint density at radius 2 is 1.93 bits per heavy atom. The molecule has 0 fully saturated rings. The number of hydrogen-bond donors (Lipinski definition) is 2.